The summed E-state index contributed by atoms with van der Waals surface area (Å²) in [4.78, 5) is 22.5. The number of fused-ring (bicyclic) bond motifs is 3. The van der Waals surface area contributed by atoms with Gasteiger partial charge in [-0.3, -0.25) is 19.9 Å². The van der Waals surface area contributed by atoms with Gasteiger partial charge < -0.3 is 40.7 Å². The summed E-state index contributed by atoms with van der Waals surface area (Å²) in [6.45, 7) is 1.68. The number of nitrogens with two attached hydrogens (primary N) is 1. The van der Waals surface area contributed by atoms with Crippen LogP contribution < -0.4 is 20.3 Å². The number of nitrogen functional groups attached to an aromatic ring is 1. The molecule has 0 saturated carbocycles. The van der Waals surface area contributed by atoms with Crippen molar-refractivity contribution in [3.05, 3.63) is 248 Å². The van der Waals surface area contributed by atoms with Crippen molar-refractivity contribution >= 4 is 83.5 Å². The van der Waals surface area contributed by atoms with Crippen molar-refractivity contribution in [1.82, 2.24) is 19.9 Å². The van der Waals surface area contributed by atoms with Crippen molar-refractivity contribution in [2.75, 3.05) is 15.5 Å². The van der Waals surface area contributed by atoms with Crippen LogP contribution in [0.25, 0.3) is 32.3 Å². The Bertz CT molecular complexity index is 4360. The molecular weight excluding hydrogens is 1050 g/mol. The van der Waals surface area contributed by atoms with Crippen LogP contribution in [0, 0.1) is 0 Å². The van der Waals surface area contributed by atoms with E-state index in [4.69, 9.17) is 20.7 Å². The standard InChI is InChI=1S/C66H51N13O5/c67-45-18-24-59(78(38-47-9-1-5-29-68-47)39-48-10-2-6-30-69-48)57(34-45)73-76-64-54-23-22-52(33-44(54)17-28-61(64)81)84-53-21-14-43-16-27-63(83)66(56(43)37-53)75-72-46-19-25-60(79(40-49-11-3-7-31-70-49)41-50-12-4-8-32-71-50)58(35-46)74-77-65-55-36-51(80)20-13-42(55)15-26-62(65)82/h1-37,80-83H,38-41,67H2/b75-72+,76-73+,77-74+. The molecule has 0 fully saturated rings. The molecule has 0 atom stereocenters. The maximum Gasteiger partial charge on any atom is 0.143 e. The summed E-state index contributed by atoms with van der Waals surface area (Å²) in [6, 6.07) is 59.5. The van der Waals surface area contributed by atoms with Crippen LogP contribution in [0.1, 0.15) is 22.8 Å². The number of hydrogen-bond donors (Lipinski definition) is 5. The summed E-state index contributed by atoms with van der Waals surface area (Å²) in [5.41, 5.74) is 13.4. The van der Waals surface area contributed by atoms with Crippen molar-refractivity contribution in [1.29, 1.82) is 0 Å². The number of rotatable bonds is 18. The summed E-state index contributed by atoms with van der Waals surface area (Å²) < 4.78 is 6.48. The molecule has 84 heavy (non-hydrogen) atoms. The largest absolute Gasteiger partial charge is 0.508 e. The number of nitrogens with zero attached hydrogens (tertiary/aromatic N) is 12. The van der Waals surface area contributed by atoms with Crippen LogP contribution in [0.15, 0.2) is 256 Å². The molecule has 4 heterocycles. The van der Waals surface area contributed by atoms with E-state index in [1.54, 1.807) is 97.6 Å². The molecule has 8 aromatic carbocycles. The zero-order chi connectivity index (χ0) is 57.4. The van der Waals surface area contributed by atoms with Crippen molar-refractivity contribution in [2.24, 2.45) is 30.7 Å². The van der Waals surface area contributed by atoms with Crippen LogP contribution in [0.2, 0.25) is 0 Å². The van der Waals surface area contributed by atoms with Gasteiger partial charge in [-0.15, -0.1) is 25.6 Å². The van der Waals surface area contributed by atoms with E-state index in [2.05, 4.69) is 50.2 Å². The predicted octanol–water partition coefficient (Wildman–Crippen LogP) is 16.6. The molecular formula is C66H51N13O5. The third-order valence-corrected chi connectivity index (χ3v) is 13.8. The number of phenolic OH excluding ortho intramolecular Hbond substituents is 4. The summed E-state index contributed by atoms with van der Waals surface area (Å²) in [7, 11) is 0. The highest BCUT2D eigenvalue weighted by Gasteiger charge is 2.19. The minimum Gasteiger partial charge on any atom is -0.508 e. The first-order chi connectivity index (χ1) is 41.1. The molecule has 18 heteroatoms. The maximum absolute atomic E-state index is 11.4. The minimum atomic E-state index is -0.126. The number of aromatic hydroxyl groups is 4. The maximum atomic E-state index is 11.4. The number of hydrogen-bond acceptors (Lipinski definition) is 18. The molecule has 0 aliphatic carbocycles. The Balaban J connectivity index is 0.849. The summed E-state index contributed by atoms with van der Waals surface area (Å²) in [5.74, 6) is 0.650. The molecule has 0 saturated heterocycles. The van der Waals surface area contributed by atoms with E-state index in [9.17, 15) is 20.4 Å². The van der Waals surface area contributed by atoms with E-state index in [0.29, 0.717) is 82.3 Å². The van der Waals surface area contributed by atoms with E-state index in [1.807, 2.05) is 115 Å². The Morgan fingerprint density at radius 1 is 0.369 bits per heavy atom. The van der Waals surface area contributed by atoms with E-state index >= 15 is 0 Å². The molecule has 4 aromatic heterocycles. The number of ether oxygens (including phenoxy) is 1. The molecule has 0 radical (unpaired) electrons. The highest BCUT2D eigenvalue weighted by atomic mass is 16.5. The molecule has 410 valence electrons. The number of anilines is 3. The Hall–Kier alpha value is -11.7. The van der Waals surface area contributed by atoms with Gasteiger partial charge >= 0.3 is 0 Å². The molecule has 0 amide bonds. The second-order valence-electron chi connectivity index (χ2n) is 19.6. The van der Waals surface area contributed by atoms with Crippen LogP contribution in [-0.4, -0.2) is 40.4 Å². The van der Waals surface area contributed by atoms with Crippen molar-refractivity contribution < 1.29 is 25.2 Å². The van der Waals surface area contributed by atoms with Crippen molar-refractivity contribution in [2.45, 2.75) is 26.2 Å². The molecule has 0 spiro atoms. The number of benzene rings is 8. The fourth-order valence-corrected chi connectivity index (χ4v) is 9.74. The summed E-state index contributed by atoms with van der Waals surface area (Å²) >= 11 is 0. The van der Waals surface area contributed by atoms with Crippen LogP contribution >= 0.6 is 0 Å². The fourth-order valence-electron chi connectivity index (χ4n) is 9.74. The second-order valence-corrected chi connectivity index (χ2v) is 19.6. The topological polar surface area (TPSA) is 248 Å². The van der Waals surface area contributed by atoms with E-state index in [0.717, 1.165) is 44.6 Å². The number of azo groups is 3. The second kappa shape index (κ2) is 24.0. The number of aromatic nitrogens is 4. The average Bonchev–Trinajstić information content (AvgIpc) is 3.51. The first-order valence-electron chi connectivity index (χ1n) is 26.7. The normalized spacial score (nSPS) is 11.6. The third kappa shape index (κ3) is 12.1. The molecule has 0 aliphatic rings. The molecule has 0 aliphatic heterocycles. The van der Waals surface area contributed by atoms with Gasteiger partial charge in [0.25, 0.3) is 0 Å². The van der Waals surface area contributed by atoms with E-state index in [1.165, 1.54) is 12.1 Å². The first-order valence-corrected chi connectivity index (χ1v) is 26.7. The molecule has 12 aromatic rings. The van der Waals surface area contributed by atoms with Gasteiger partial charge in [-0.25, -0.2) is 0 Å². The van der Waals surface area contributed by atoms with Gasteiger partial charge in [0.2, 0.25) is 0 Å². The van der Waals surface area contributed by atoms with Crippen LogP contribution in [-0.2, 0) is 26.2 Å². The van der Waals surface area contributed by atoms with Gasteiger partial charge in [0, 0.05) is 46.6 Å². The predicted molar refractivity (Wildman–Crippen MR) is 325 cm³/mol. The van der Waals surface area contributed by atoms with Crippen LogP contribution in [0.5, 0.6) is 34.5 Å². The molecule has 18 nitrogen and oxygen atoms in total. The highest BCUT2D eigenvalue weighted by molar-refractivity contribution is 5.98. The SMILES string of the molecule is Nc1ccc(N(Cc2ccccn2)Cc2ccccn2)c(/N=N/c2c(O)ccc3cc(Oc4ccc5ccc(O)c(/N=N/c6ccc(N(Cc7ccccn7)Cc7ccccn7)c(/N=N/c7c(O)ccc8ccc(O)cc78)c6)c5c4)ccc23)c1. The van der Waals surface area contributed by atoms with Gasteiger partial charge in [-0.05, 0) is 162 Å². The fraction of sp³-hybridized carbons (Fsp3) is 0.0606. The summed E-state index contributed by atoms with van der Waals surface area (Å²) in [5, 5.41) is 76.0. The van der Waals surface area contributed by atoms with E-state index < -0.39 is 0 Å². The Labute approximate surface area is 481 Å². The molecule has 12 rings (SSSR count). The zero-order valence-corrected chi connectivity index (χ0v) is 44.8. The van der Waals surface area contributed by atoms with Gasteiger partial charge in [-0.1, -0.05) is 54.6 Å². The highest BCUT2D eigenvalue weighted by Crippen LogP contribution is 2.44. The minimum absolute atomic E-state index is 0.00823. The first kappa shape index (κ1) is 53.0. The molecule has 0 bridgehead atoms. The Morgan fingerprint density at radius 2 is 0.810 bits per heavy atom. The zero-order valence-electron chi connectivity index (χ0n) is 44.8. The lowest BCUT2D eigenvalue weighted by Gasteiger charge is -2.25. The lowest BCUT2D eigenvalue weighted by molar-refractivity contribution is 0.474. The number of phenols is 4. The van der Waals surface area contributed by atoms with E-state index in [-0.39, 0.29) is 40.1 Å². The third-order valence-electron chi connectivity index (χ3n) is 13.8. The lowest BCUT2D eigenvalue weighted by atomic mass is 10.1. The lowest BCUT2D eigenvalue weighted by Crippen LogP contribution is -2.23. The quantitative estimate of drug-likeness (QED) is 0.0398. The molecule has 0 unspecified atom stereocenters. The van der Waals surface area contributed by atoms with Crippen molar-refractivity contribution in [3.8, 4) is 34.5 Å². The van der Waals surface area contributed by atoms with Gasteiger partial charge in [0.1, 0.15) is 62.9 Å². The van der Waals surface area contributed by atoms with Gasteiger partial charge in [-0.2, -0.15) is 5.11 Å². The number of pyridine rings is 4. The van der Waals surface area contributed by atoms with Crippen LogP contribution in [0.4, 0.5) is 51.2 Å². The Morgan fingerprint density at radius 3 is 1.35 bits per heavy atom. The summed E-state index contributed by atoms with van der Waals surface area (Å²) in [6.07, 6.45) is 6.99. The van der Waals surface area contributed by atoms with Crippen molar-refractivity contribution in [3.63, 3.8) is 0 Å². The van der Waals surface area contributed by atoms with Gasteiger partial charge in [0.05, 0.1) is 66.0 Å². The van der Waals surface area contributed by atoms with Crippen LogP contribution in [0.3, 0.4) is 0 Å². The smallest absolute Gasteiger partial charge is 0.143 e. The monoisotopic (exact) mass is 1110 g/mol. The molecule has 6 N–H and O–H groups in total. The van der Waals surface area contributed by atoms with Gasteiger partial charge in [0.15, 0.2) is 0 Å². The average molecular weight is 1110 g/mol. The Kier molecular flexibility index (Phi) is 15.1.